The average Bonchev–Trinajstić information content (AvgIpc) is 2.40. The maximum absolute atomic E-state index is 13.1. The van der Waals surface area contributed by atoms with Gasteiger partial charge in [-0.2, -0.15) is 0 Å². The number of ether oxygens (including phenoxy) is 2. The summed E-state index contributed by atoms with van der Waals surface area (Å²) >= 11 is 0. The fraction of sp³-hybridized carbons (Fsp3) is 0.438. The van der Waals surface area contributed by atoms with Crippen molar-refractivity contribution >= 4 is 17.7 Å². The molecule has 1 heterocycles. The van der Waals surface area contributed by atoms with Crippen LogP contribution in [0.15, 0.2) is 18.2 Å². The van der Waals surface area contributed by atoms with Gasteiger partial charge in [-0.1, -0.05) is 0 Å². The first-order chi connectivity index (χ1) is 10.7. The Kier molecular flexibility index (Phi) is 4.68. The van der Waals surface area contributed by atoms with E-state index in [1.807, 2.05) is 0 Å². The summed E-state index contributed by atoms with van der Waals surface area (Å²) < 4.78 is 22.9. The third kappa shape index (κ3) is 4.06. The number of aromatic hydroxyl groups is 1. The molecule has 23 heavy (non-hydrogen) atoms. The van der Waals surface area contributed by atoms with Gasteiger partial charge in [0, 0.05) is 20.3 Å². The van der Waals surface area contributed by atoms with E-state index < -0.39 is 35.2 Å². The highest BCUT2D eigenvalue weighted by Gasteiger charge is 2.46. The molecule has 0 atom stereocenters. The summed E-state index contributed by atoms with van der Waals surface area (Å²) in [6, 6.07) is 3.52. The molecule has 1 aliphatic heterocycles. The van der Waals surface area contributed by atoms with Gasteiger partial charge in [-0.15, -0.1) is 0 Å². The largest absolute Gasteiger partial charge is 0.508 e. The minimum Gasteiger partial charge on any atom is -0.508 e. The number of ketones is 1. The molecular formula is C16H17FO6. The number of esters is 2. The maximum atomic E-state index is 13.1. The van der Waals surface area contributed by atoms with E-state index in [0.29, 0.717) is 5.56 Å². The monoisotopic (exact) mass is 324 g/mol. The fourth-order valence-electron chi connectivity index (χ4n) is 2.33. The van der Waals surface area contributed by atoms with Crippen LogP contribution in [0.4, 0.5) is 4.39 Å². The number of Topliss-reactive ketones (excluding diaryl/α,β-unsaturated/α-hetero) is 1. The minimum absolute atomic E-state index is 0.0721. The van der Waals surface area contributed by atoms with Crippen LogP contribution in [-0.2, 0) is 30.3 Å². The Morgan fingerprint density at radius 1 is 1.26 bits per heavy atom. The zero-order valence-corrected chi connectivity index (χ0v) is 12.8. The van der Waals surface area contributed by atoms with Crippen molar-refractivity contribution in [3.8, 4) is 5.75 Å². The number of benzene rings is 1. The zero-order chi connectivity index (χ0) is 17.2. The smallest absolute Gasteiger partial charge is 0.331 e. The quantitative estimate of drug-likeness (QED) is 0.657. The number of cyclic esters (lactones) is 2. The second kappa shape index (κ2) is 6.36. The van der Waals surface area contributed by atoms with Gasteiger partial charge in [-0.25, -0.2) is 4.39 Å². The van der Waals surface area contributed by atoms with Crippen LogP contribution in [0.2, 0.25) is 0 Å². The third-order valence-electron chi connectivity index (χ3n) is 3.40. The van der Waals surface area contributed by atoms with Crippen LogP contribution < -0.4 is 0 Å². The molecule has 0 aliphatic carbocycles. The molecule has 2 rings (SSSR count). The predicted molar refractivity (Wildman–Crippen MR) is 75.8 cm³/mol. The molecular weight excluding hydrogens is 307 g/mol. The Labute approximate surface area is 132 Å². The number of hydrogen-bond acceptors (Lipinski definition) is 6. The lowest BCUT2D eigenvalue weighted by Gasteiger charge is -2.32. The van der Waals surface area contributed by atoms with Crippen molar-refractivity contribution in [1.82, 2.24) is 0 Å². The van der Waals surface area contributed by atoms with Crippen LogP contribution in [0.3, 0.4) is 0 Å². The van der Waals surface area contributed by atoms with E-state index in [1.54, 1.807) is 0 Å². The van der Waals surface area contributed by atoms with Crippen molar-refractivity contribution in [2.75, 3.05) is 0 Å². The van der Waals surface area contributed by atoms with Gasteiger partial charge in [-0.3, -0.25) is 14.4 Å². The van der Waals surface area contributed by atoms with Gasteiger partial charge in [-0.05, 0) is 36.6 Å². The first kappa shape index (κ1) is 16.9. The SMILES string of the molecule is CC1(C)OC(=O)C(C(=O)CCCc2cc(F)ccc2O)C(=O)O1. The summed E-state index contributed by atoms with van der Waals surface area (Å²) in [5.41, 5.74) is 0.354. The predicted octanol–water partition coefficient (Wildman–Crippen LogP) is 1.88. The summed E-state index contributed by atoms with van der Waals surface area (Å²) in [5.74, 6) is -5.99. The number of rotatable bonds is 5. The number of carbonyl (C=O) groups is 3. The Morgan fingerprint density at radius 2 is 1.87 bits per heavy atom. The van der Waals surface area contributed by atoms with Gasteiger partial charge < -0.3 is 14.6 Å². The molecule has 0 spiro atoms. The molecule has 1 fully saturated rings. The number of phenols is 1. The molecule has 1 aliphatic rings. The molecule has 7 heteroatoms. The third-order valence-corrected chi connectivity index (χ3v) is 3.40. The number of halogens is 1. The molecule has 1 aromatic rings. The lowest BCUT2D eigenvalue weighted by molar-refractivity contribution is -0.238. The van der Waals surface area contributed by atoms with E-state index >= 15 is 0 Å². The Balaban J connectivity index is 1.93. The summed E-state index contributed by atoms with van der Waals surface area (Å²) in [5, 5.41) is 9.59. The maximum Gasteiger partial charge on any atom is 0.331 e. The van der Waals surface area contributed by atoms with E-state index in [2.05, 4.69) is 0 Å². The van der Waals surface area contributed by atoms with Crippen LogP contribution in [-0.4, -0.2) is 28.6 Å². The molecule has 1 aromatic carbocycles. The average molecular weight is 324 g/mol. The van der Waals surface area contributed by atoms with Crippen LogP contribution in [0.5, 0.6) is 5.75 Å². The van der Waals surface area contributed by atoms with Crippen molar-refractivity contribution in [1.29, 1.82) is 0 Å². The van der Waals surface area contributed by atoms with Gasteiger partial charge in [0.2, 0.25) is 5.92 Å². The Bertz CT molecular complexity index is 632. The Hall–Kier alpha value is -2.44. The fourth-order valence-corrected chi connectivity index (χ4v) is 2.33. The van der Waals surface area contributed by atoms with E-state index in [-0.39, 0.29) is 25.0 Å². The highest BCUT2D eigenvalue weighted by atomic mass is 19.1. The lowest BCUT2D eigenvalue weighted by Crippen LogP contribution is -2.49. The van der Waals surface area contributed by atoms with Gasteiger partial charge in [0.1, 0.15) is 11.6 Å². The van der Waals surface area contributed by atoms with Crippen LogP contribution in [0.25, 0.3) is 0 Å². The van der Waals surface area contributed by atoms with E-state index in [4.69, 9.17) is 9.47 Å². The van der Waals surface area contributed by atoms with E-state index in [1.165, 1.54) is 26.0 Å². The lowest BCUT2D eigenvalue weighted by atomic mass is 9.97. The highest BCUT2D eigenvalue weighted by Crippen LogP contribution is 2.25. The van der Waals surface area contributed by atoms with Gasteiger partial charge >= 0.3 is 11.9 Å². The van der Waals surface area contributed by atoms with Gasteiger partial charge in [0.25, 0.3) is 5.79 Å². The number of hydrogen-bond donors (Lipinski definition) is 1. The minimum atomic E-state index is -1.58. The second-order valence-electron chi connectivity index (χ2n) is 5.77. The molecule has 124 valence electrons. The van der Waals surface area contributed by atoms with Crippen molar-refractivity contribution in [3.63, 3.8) is 0 Å². The molecule has 0 unspecified atom stereocenters. The van der Waals surface area contributed by atoms with Crippen LogP contribution >= 0.6 is 0 Å². The molecule has 1 saturated heterocycles. The number of carbonyl (C=O) groups excluding carboxylic acids is 3. The summed E-state index contributed by atoms with van der Waals surface area (Å²) in [6.45, 7) is 2.80. The van der Waals surface area contributed by atoms with E-state index in [9.17, 15) is 23.9 Å². The van der Waals surface area contributed by atoms with Gasteiger partial charge in [0.15, 0.2) is 5.78 Å². The first-order valence-corrected chi connectivity index (χ1v) is 7.15. The van der Waals surface area contributed by atoms with Crippen molar-refractivity contribution < 1.29 is 33.4 Å². The van der Waals surface area contributed by atoms with Crippen LogP contribution in [0.1, 0.15) is 32.3 Å². The summed E-state index contributed by atoms with van der Waals surface area (Å²) in [7, 11) is 0. The molecule has 0 saturated carbocycles. The van der Waals surface area contributed by atoms with Crippen molar-refractivity contribution in [2.24, 2.45) is 5.92 Å². The number of phenolic OH excluding ortho intramolecular Hbond substituents is 1. The molecule has 6 nitrogen and oxygen atoms in total. The molecule has 0 amide bonds. The molecule has 1 N–H and O–H groups in total. The summed E-state index contributed by atoms with van der Waals surface area (Å²) in [6.07, 6.45) is 0.388. The summed E-state index contributed by atoms with van der Waals surface area (Å²) in [4.78, 5) is 35.6. The molecule has 0 aromatic heterocycles. The van der Waals surface area contributed by atoms with Crippen molar-refractivity contribution in [3.05, 3.63) is 29.6 Å². The van der Waals surface area contributed by atoms with Gasteiger partial charge in [0.05, 0.1) is 0 Å². The topological polar surface area (TPSA) is 89.9 Å². The van der Waals surface area contributed by atoms with Crippen LogP contribution in [0, 0.1) is 11.7 Å². The highest BCUT2D eigenvalue weighted by molar-refractivity contribution is 6.15. The molecule has 0 radical (unpaired) electrons. The first-order valence-electron chi connectivity index (χ1n) is 7.15. The molecule has 0 bridgehead atoms. The second-order valence-corrected chi connectivity index (χ2v) is 5.77. The normalized spacial score (nSPS) is 17.5. The van der Waals surface area contributed by atoms with E-state index in [0.717, 1.165) is 6.07 Å². The number of aryl methyl sites for hydroxylation is 1. The zero-order valence-electron chi connectivity index (χ0n) is 12.8. The van der Waals surface area contributed by atoms with Crippen molar-refractivity contribution in [2.45, 2.75) is 38.9 Å². The standard InChI is InChI=1S/C16H17FO6/c1-16(2)22-14(20)13(15(21)23-16)12(19)5-3-4-9-8-10(17)6-7-11(9)18/h6-8,13,18H,3-5H2,1-2H3. The Morgan fingerprint density at radius 3 is 2.48 bits per heavy atom.